The highest BCUT2D eigenvalue weighted by molar-refractivity contribution is 6.30. The molecule has 0 saturated carbocycles. The fourth-order valence-electron chi connectivity index (χ4n) is 3.42. The van der Waals surface area contributed by atoms with E-state index in [1.54, 1.807) is 47.0 Å². The van der Waals surface area contributed by atoms with Gasteiger partial charge in [0.25, 0.3) is 11.6 Å². The Bertz CT molecular complexity index is 954. The summed E-state index contributed by atoms with van der Waals surface area (Å²) >= 11 is 5.88. The summed E-state index contributed by atoms with van der Waals surface area (Å²) < 4.78 is 0. The standard InChI is InChI=1S/C21H23ClN4O4/c1-23(2)19-8-7-17(26(29)30)14-18(19)21(28)25-11-9-24(10-12-25)20(27)13-15-3-5-16(22)6-4-15/h3-8,14H,9-13H2,1-2H3. The third-order valence-corrected chi connectivity index (χ3v) is 5.34. The van der Waals surface area contributed by atoms with Crippen molar-refractivity contribution in [1.29, 1.82) is 0 Å². The van der Waals surface area contributed by atoms with E-state index in [9.17, 15) is 19.7 Å². The van der Waals surface area contributed by atoms with Crippen LogP contribution in [-0.2, 0) is 11.2 Å². The van der Waals surface area contributed by atoms with E-state index in [0.717, 1.165) is 5.56 Å². The summed E-state index contributed by atoms with van der Waals surface area (Å²) in [6.07, 6.45) is 0.279. The van der Waals surface area contributed by atoms with Gasteiger partial charge in [-0.25, -0.2) is 0 Å². The molecule has 0 N–H and O–H groups in total. The highest BCUT2D eigenvalue weighted by atomic mass is 35.5. The van der Waals surface area contributed by atoms with E-state index in [4.69, 9.17) is 11.6 Å². The quantitative estimate of drug-likeness (QED) is 0.537. The minimum absolute atomic E-state index is 0.00579. The first-order valence-corrected chi connectivity index (χ1v) is 9.91. The number of hydrogen-bond acceptors (Lipinski definition) is 5. The molecule has 1 aliphatic heterocycles. The second-order valence-corrected chi connectivity index (χ2v) is 7.77. The summed E-state index contributed by atoms with van der Waals surface area (Å²) in [4.78, 5) is 41.4. The number of benzene rings is 2. The SMILES string of the molecule is CN(C)c1ccc([N+](=O)[O-])cc1C(=O)N1CCN(C(=O)Cc2ccc(Cl)cc2)CC1. The number of carbonyl (C=O) groups excluding carboxylic acids is 2. The van der Waals surface area contributed by atoms with Crippen LogP contribution in [0.4, 0.5) is 11.4 Å². The largest absolute Gasteiger partial charge is 0.377 e. The summed E-state index contributed by atoms with van der Waals surface area (Å²) in [6, 6.07) is 11.4. The molecule has 30 heavy (non-hydrogen) atoms. The second-order valence-electron chi connectivity index (χ2n) is 7.33. The lowest BCUT2D eigenvalue weighted by atomic mass is 10.1. The van der Waals surface area contributed by atoms with Crippen LogP contribution in [-0.4, -0.2) is 66.8 Å². The van der Waals surface area contributed by atoms with Crippen molar-refractivity contribution < 1.29 is 14.5 Å². The van der Waals surface area contributed by atoms with Crippen molar-refractivity contribution in [2.24, 2.45) is 0 Å². The average molecular weight is 431 g/mol. The van der Waals surface area contributed by atoms with Crippen LogP contribution in [0.1, 0.15) is 15.9 Å². The predicted molar refractivity (Wildman–Crippen MR) is 115 cm³/mol. The number of carbonyl (C=O) groups is 2. The van der Waals surface area contributed by atoms with E-state index in [1.165, 1.54) is 12.1 Å². The van der Waals surface area contributed by atoms with Crippen molar-refractivity contribution in [3.05, 3.63) is 68.7 Å². The lowest BCUT2D eigenvalue weighted by Crippen LogP contribution is -2.51. The van der Waals surface area contributed by atoms with Gasteiger partial charge in [-0.05, 0) is 23.8 Å². The molecule has 1 aliphatic rings. The van der Waals surface area contributed by atoms with Crippen LogP contribution in [0.5, 0.6) is 0 Å². The van der Waals surface area contributed by atoms with Crippen LogP contribution in [0.15, 0.2) is 42.5 Å². The number of nitro benzene ring substituents is 1. The van der Waals surface area contributed by atoms with Gasteiger partial charge in [0.1, 0.15) is 0 Å². The zero-order valence-corrected chi connectivity index (χ0v) is 17.6. The fraction of sp³-hybridized carbons (Fsp3) is 0.333. The fourth-order valence-corrected chi connectivity index (χ4v) is 3.54. The minimum Gasteiger partial charge on any atom is -0.377 e. The number of non-ortho nitro benzene ring substituents is 1. The molecule has 8 nitrogen and oxygen atoms in total. The molecule has 1 fully saturated rings. The molecule has 9 heteroatoms. The van der Waals surface area contributed by atoms with Crippen molar-refractivity contribution in [3.63, 3.8) is 0 Å². The lowest BCUT2D eigenvalue weighted by molar-refractivity contribution is -0.384. The average Bonchev–Trinajstić information content (AvgIpc) is 2.74. The van der Waals surface area contributed by atoms with Gasteiger partial charge in [0.15, 0.2) is 0 Å². The normalized spacial score (nSPS) is 13.8. The van der Waals surface area contributed by atoms with Crippen LogP contribution in [0.25, 0.3) is 0 Å². The first-order chi connectivity index (χ1) is 14.3. The van der Waals surface area contributed by atoms with E-state index in [1.807, 2.05) is 12.1 Å². The first kappa shape index (κ1) is 21.6. The third kappa shape index (κ3) is 4.88. The van der Waals surface area contributed by atoms with Crippen LogP contribution in [0, 0.1) is 10.1 Å². The van der Waals surface area contributed by atoms with Gasteiger partial charge in [0.05, 0.1) is 16.9 Å². The zero-order valence-electron chi connectivity index (χ0n) is 16.9. The molecular weight excluding hydrogens is 408 g/mol. The predicted octanol–water partition coefficient (Wildman–Crippen LogP) is 2.84. The molecule has 0 bridgehead atoms. The van der Waals surface area contributed by atoms with Gasteiger partial charge in [0, 0.05) is 63.1 Å². The van der Waals surface area contributed by atoms with E-state index in [0.29, 0.717) is 36.9 Å². The summed E-state index contributed by atoms with van der Waals surface area (Å²) in [7, 11) is 3.57. The maximum atomic E-state index is 13.1. The molecule has 1 saturated heterocycles. The molecule has 0 unspecified atom stereocenters. The van der Waals surface area contributed by atoms with E-state index in [2.05, 4.69) is 0 Å². The molecule has 2 aromatic carbocycles. The Morgan fingerprint density at radius 1 is 1.03 bits per heavy atom. The molecular formula is C21H23ClN4O4. The van der Waals surface area contributed by atoms with Crippen molar-refractivity contribution in [2.45, 2.75) is 6.42 Å². The zero-order chi connectivity index (χ0) is 21.8. The lowest BCUT2D eigenvalue weighted by Gasteiger charge is -2.35. The Morgan fingerprint density at radius 3 is 2.20 bits per heavy atom. The Balaban J connectivity index is 1.66. The van der Waals surface area contributed by atoms with Gasteiger partial charge < -0.3 is 14.7 Å². The number of amides is 2. The molecule has 2 amide bonds. The molecule has 0 spiro atoms. The maximum Gasteiger partial charge on any atom is 0.270 e. The Labute approximate surface area is 179 Å². The smallest absolute Gasteiger partial charge is 0.270 e. The number of hydrogen-bond donors (Lipinski definition) is 0. The van der Waals surface area contributed by atoms with Crippen LogP contribution < -0.4 is 4.90 Å². The number of nitro groups is 1. The molecule has 158 valence electrons. The van der Waals surface area contributed by atoms with Crippen molar-refractivity contribution in [2.75, 3.05) is 45.2 Å². The van der Waals surface area contributed by atoms with Gasteiger partial charge in [-0.1, -0.05) is 23.7 Å². The van der Waals surface area contributed by atoms with Gasteiger partial charge in [-0.15, -0.1) is 0 Å². The number of piperazine rings is 1. The molecule has 3 rings (SSSR count). The maximum absolute atomic E-state index is 13.1. The summed E-state index contributed by atoms with van der Waals surface area (Å²) in [6.45, 7) is 1.59. The number of anilines is 1. The third-order valence-electron chi connectivity index (χ3n) is 5.09. The number of halogens is 1. The van der Waals surface area contributed by atoms with Crippen molar-refractivity contribution in [1.82, 2.24) is 9.80 Å². The first-order valence-electron chi connectivity index (χ1n) is 9.53. The molecule has 2 aromatic rings. The van der Waals surface area contributed by atoms with E-state index in [-0.39, 0.29) is 29.5 Å². The molecule has 1 heterocycles. The Kier molecular flexibility index (Phi) is 6.56. The van der Waals surface area contributed by atoms with Gasteiger partial charge >= 0.3 is 0 Å². The minimum atomic E-state index is -0.510. The van der Waals surface area contributed by atoms with Crippen LogP contribution in [0.2, 0.25) is 5.02 Å². The topological polar surface area (TPSA) is 87.0 Å². The highest BCUT2D eigenvalue weighted by Gasteiger charge is 2.27. The van der Waals surface area contributed by atoms with Crippen molar-refractivity contribution >= 4 is 34.8 Å². The van der Waals surface area contributed by atoms with Gasteiger partial charge in [-0.3, -0.25) is 19.7 Å². The van der Waals surface area contributed by atoms with Crippen molar-refractivity contribution in [3.8, 4) is 0 Å². The van der Waals surface area contributed by atoms with Crippen LogP contribution >= 0.6 is 11.6 Å². The van der Waals surface area contributed by atoms with Crippen LogP contribution in [0.3, 0.4) is 0 Å². The second kappa shape index (κ2) is 9.13. The van der Waals surface area contributed by atoms with Gasteiger partial charge in [-0.2, -0.15) is 0 Å². The number of rotatable bonds is 5. The summed E-state index contributed by atoms with van der Waals surface area (Å²) in [5.41, 5.74) is 1.66. The van der Waals surface area contributed by atoms with E-state index < -0.39 is 4.92 Å². The summed E-state index contributed by atoms with van der Waals surface area (Å²) in [5, 5.41) is 11.8. The highest BCUT2D eigenvalue weighted by Crippen LogP contribution is 2.26. The molecule has 0 radical (unpaired) electrons. The molecule has 0 aliphatic carbocycles. The number of nitrogens with zero attached hydrogens (tertiary/aromatic N) is 4. The summed E-state index contributed by atoms with van der Waals surface area (Å²) in [5.74, 6) is -0.277. The monoisotopic (exact) mass is 430 g/mol. The Hall–Kier alpha value is -3.13. The van der Waals surface area contributed by atoms with E-state index >= 15 is 0 Å². The van der Waals surface area contributed by atoms with Gasteiger partial charge in [0.2, 0.25) is 5.91 Å². The molecule has 0 atom stereocenters. The Morgan fingerprint density at radius 2 is 1.63 bits per heavy atom. The molecule has 0 aromatic heterocycles.